The Kier molecular flexibility index (Phi) is 48.9. The Bertz CT molecular complexity index is 1190. The third-order valence-corrected chi connectivity index (χ3v) is 11.2. The van der Waals surface area contributed by atoms with Gasteiger partial charge in [-0.05, 0) is 83.5 Å². The van der Waals surface area contributed by atoms with Crippen LogP contribution in [0.1, 0.15) is 252 Å². The van der Waals surface area contributed by atoms with Gasteiger partial charge < -0.3 is 14.2 Å². The van der Waals surface area contributed by atoms with Gasteiger partial charge in [0.1, 0.15) is 13.2 Å². The maximum absolute atomic E-state index is 12.8. The number of hydrogen-bond acceptors (Lipinski definition) is 6. The minimum absolute atomic E-state index is 0.0958. The van der Waals surface area contributed by atoms with E-state index < -0.39 is 6.10 Å². The van der Waals surface area contributed by atoms with Gasteiger partial charge in [0.05, 0.1) is 0 Å². The van der Waals surface area contributed by atoms with Crippen LogP contribution in [0.15, 0.2) is 72.9 Å². The van der Waals surface area contributed by atoms with Crippen molar-refractivity contribution in [1.82, 2.24) is 0 Å². The van der Waals surface area contributed by atoms with Gasteiger partial charge in [-0.1, -0.05) is 222 Å². The predicted molar refractivity (Wildman–Crippen MR) is 270 cm³/mol. The molecule has 0 heterocycles. The largest absolute Gasteiger partial charge is 0.462 e. The quantitative estimate of drug-likeness (QED) is 0.0262. The number of ether oxygens (including phenoxy) is 3. The van der Waals surface area contributed by atoms with Gasteiger partial charge in [0, 0.05) is 19.3 Å². The van der Waals surface area contributed by atoms with Crippen molar-refractivity contribution >= 4 is 17.9 Å². The average Bonchev–Trinajstić information content (AvgIpc) is 3.28. The summed E-state index contributed by atoms with van der Waals surface area (Å²) in [5.74, 6) is -0.954. The molecule has 0 bridgehead atoms. The van der Waals surface area contributed by atoms with Crippen molar-refractivity contribution in [1.29, 1.82) is 0 Å². The molecular formula is C57H98O6. The van der Waals surface area contributed by atoms with E-state index in [0.717, 1.165) is 77.0 Å². The molecule has 0 N–H and O–H groups in total. The number of allylic oxidation sites excluding steroid dienone is 12. The van der Waals surface area contributed by atoms with E-state index in [1.54, 1.807) is 0 Å². The normalized spacial score (nSPS) is 12.6. The Morgan fingerprint density at radius 3 is 1.02 bits per heavy atom. The lowest BCUT2D eigenvalue weighted by atomic mass is 10.1. The van der Waals surface area contributed by atoms with Crippen molar-refractivity contribution in [3.8, 4) is 0 Å². The van der Waals surface area contributed by atoms with Crippen molar-refractivity contribution in [3.63, 3.8) is 0 Å². The lowest BCUT2D eigenvalue weighted by molar-refractivity contribution is -0.167. The van der Waals surface area contributed by atoms with Gasteiger partial charge >= 0.3 is 17.9 Å². The molecule has 0 saturated heterocycles. The Labute approximate surface area is 389 Å². The maximum Gasteiger partial charge on any atom is 0.306 e. The van der Waals surface area contributed by atoms with E-state index in [9.17, 15) is 14.4 Å². The molecule has 0 radical (unpaired) electrons. The topological polar surface area (TPSA) is 78.9 Å². The molecule has 1 atom stereocenters. The first-order valence-electron chi connectivity index (χ1n) is 26.4. The second-order valence-electron chi connectivity index (χ2n) is 17.4. The summed E-state index contributed by atoms with van der Waals surface area (Å²) >= 11 is 0. The maximum atomic E-state index is 12.8. The summed E-state index contributed by atoms with van der Waals surface area (Å²) in [6.07, 6.45) is 64.7. The molecule has 0 amide bonds. The highest BCUT2D eigenvalue weighted by molar-refractivity contribution is 5.71. The van der Waals surface area contributed by atoms with E-state index >= 15 is 0 Å². The second-order valence-corrected chi connectivity index (χ2v) is 17.4. The summed E-state index contributed by atoms with van der Waals surface area (Å²) in [6.45, 7) is 6.46. The molecule has 0 aliphatic heterocycles. The van der Waals surface area contributed by atoms with Gasteiger partial charge in [0.2, 0.25) is 0 Å². The number of carbonyl (C=O) groups excluding carboxylic acids is 3. The Morgan fingerprint density at radius 2 is 0.635 bits per heavy atom. The molecule has 6 heteroatoms. The van der Waals surface area contributed by atoms with Crippen LogP contribution >= 0.6 is 0 Å². The Morgan fingerprint density at radius 1 is 0.333 bits per heavy atom. The molecule has 0 spiro atoms. The number of rotatable bonds is 47. The smallest absolute Gasteiger partial charge is 0.306 e. The van der Waals surface area contributed by atoms with Crippen LogP contribution in [0.25, 0.3) is 0 Å². The van der Waals surface area contributed by atoms with E-state index in [2.05, 4.69) is 93.7 Å². The summed E-state index contributed by atoms with van der Waals surface area (Å²) in [4.78, 5) is 37.9. The third kappa shape index (κ3) is 49.7. The van der Waals surface area contributed by atoms with Gasteiger partial charge in [-0.15, -0.1) is 0 Å². The molecule has 362 valence electrons. The standard InChI is InChI=1S/C57H98O6/c1-4-7-10-13-16-19-21-23-25-27-28-30-31-33-35-38-41-44-47-50-56(59)62-53-54(52-61-55(58)49-46-43-40-37-18-15-12-9-6-3)63-57(60)51-48-45-42-39-36-34-32-29-26-24-22-20-17-14-11-8-5-2/h7,10,16,19,23-26,32,34,39,42,54H,4-6,8-9,11-15,17-18,20-22,27-31,33,35-38,40-41,43-53H2,1-3H3/b10-7-,19-16-,25-23-,26-24-,34-32-,42-39-. The highest BCUT2D eigenvalue weighted by Gasteiger charge is 2.19. The van der Waals surface area contributed by atoms with Gasteiger partial charge in [-0.3, -0.25) is 14.4 Å². The zero-order chi connectivity index (χ0) is 45.8. The first-order valence-corrected chi connectivity index (χ1v) is 26.4. The van der Waals surface area contributed by atoms with Gasteiger partial charge in [-0.2, -0.15) is 0 Å². The number of hydrogen-bond donors (Lipinski definition) is 0. The summed E-state index contributed by atoms with van der Waals surface area (Å²) < 4.78 is 16.7. The highest BCUT2D eigenvalue weighted by atomic mass is 16.6. The summed E-state index contributed by atoms with van der Waals surface area (Å²) in [5.41, 5.74) is 0. The highest BCUT2D eigenvalue weighted by Crippen LogP contribution is 2.14. The molecule has 0 aromatic carbocycles. The average molecular weight is 879 g/mol. The molecule has 0 aromatic heterocycles. The van der Waals surface area contributed by atoms with E-state index in [-0.39, 0.29) is 37.5 Å². The first-order chi connectivity index (χ1) is 31.0. The summed E-state index contributed by atoms with van der Waals surface area (Å²) in [5, 5.41) is 0. The fraction of sp³-hybridized carbons (Fsp3) is 0.737. The fourth-order valence-corrected chi connectivity index (χ4v) is 7.24. The van der Waals surface area contributed by atoms with Gasteiger partial charge in [0.15, 0.2) is 6.10 Å². The number of carbonyl (C=O) groups is 3. The molecule has 1 unspecified atom stereocenters. The minimum atomic E-state index is -0.801. The van der Waals surface area contributed by atoms with Crippen molar-refractivity contribution in [2.24, 2.45) is 0 Å². The van der Waals surface area contributed by atoms with Crippen LogP contribution in [0.5, 0.6) is 0 Å². The van der Waals surface area contributed by atoms with Crippen LogP contribution in [-0.2, 0) is 28.6 Å². The molecule has 0 aromatic rings. The van der Waals surface area contributed by atoms with Crippen LogP contribution < -0.4 is 0 Å². The van der Waals surface area contributed by atoms with Crippen LogP contribution in [0.2, 0.25) is 0 Å². The molecule has 0 aliphatic carbocycles. The lowest BCUT2D eigenvalue weighted by Crippen LogP contribution is -2.30. The minimum Gasteiger partial charge on any atom is -0.462 e. The molecule has 63 heavy (non-hydrogen) atoms. The molecule has 0 rings (SSSR count). The van der Waals surface area contributed by atoms with Crippen LogP contribution in [-0.4, -0.2) is 37.2 Å². The molecule has 0 aliphatic rings. The molecule has 6 nitrogen and oxygen atoms in total. The van der Waals surface area contributed by atoms with Crippen molar-refractivity contribution in [3.05, 3.63) is 72.9 Å². The lowest BCUT2D eigenvalue weighted by Gasteiger charge is -2.18. The van der Waals surface area contributed by atoms with E-state index in [0.29, 0.717) is 19.3 Å². The number of esters is 3. The fourth-order valence-electron chi connectivity index (χ4n) is 7.24. The zero-order valence-corrected chi connectivity index (χ0v) is 41.3. The van der Waals surface area contributed by atoms with Gasteiger partial charge in [0.25, 0.3) is 0 Å². The van der Waals surface area contributed by atoms with Crippen molar-refractivity contribution < 1.29 is 28.6 Å². The molecule has 0 fully saturated rings. The predicted octanol–water partition coefficient (Wildman–Crippen LogP) is 17.4. The summed E-state index contributed by atoms with van der Waals surface area (Å²) in [7, 11) is 0. The SMILES string of the molecule is CC/C=C\C/C=C\C/C=C\CCCCCCCCCCCC(=O)OCC(COC(=O)CCCCCCCCCCC)OC(=O)CCC/C=C\C/C=C\C/C=C\CCCCCCCC. The van der Waals surface area contributed by atoms with Crippen molar-refractivity contribution in [2.45, 2.75) is 258 Å². The van der Waals surface area contributed by atoms with E-state index in [4.69, 9.17) is 14.2 Å². The second kappa shape index (κ2) is 51.5. The van der Waals surface area contributed by atoms with Crippen LogP contribution in [0.3, 0.4) is 0 Å². The monoisotopic (exact) mass is 879 g/mol. The van der Waals surface area contributed by atoms with Crippen molar-refractivity contribution in [2.75, 3.05) is 13.2 Å². The van der Waals surface area contributed by atoms with E-state index in [1.165, 1.54) is 128 Å². The van der Waals surface area contributed by atoms with Gasteiger partial charge in [-0.25, -0.2) is 0 Å². The number of unbranched alkanes of at least 4 members (excludes halogenated alkanes) is 24. The van der Waals surface area contributed by atoms with E-state index in [1.807, 2.05) is 0 Å². The zero-order valence-electron chi connectivity index (χ0n) is 41.3. The third-order valence-electron chi connectivity index (χ3n) is 11.2. The molecule has 0 saturated carbocycles. The Balaban J connectivity index is 4.38. The Hall–Kier alpha value is -3.15. The summed E-state index contributed by atoms with van der Waals surface area (Å²) in [6, 6.07) is 0. The molecular weight excluding hydrogens is 781 g/mol. The van der Waals surface area contributed by atoms with Crippen LogP contribution in [0, 0.1) is 0 Å². The van der Waals surface area contributed by atoms with Crippen LogP contribution in [0.4, 0.5) is 0 Å². The first kappa shape index (κ1) is 59.9.